The van der Waals surface area contributed by atoms with E-state index in [9.17, 15) is 23.9 Å². The van der Waals surface area contributed by atoms with E-state index in [0.717, 1.165) is 87.7 Å². The summed E-state index contributed by atoms with van der Waals surface area (Å²) in [5.41, 5.74) is 9.03. The maximum Gasteiger partial charge on any atom is 0.335 e. The average molecular weight is 771 g/mol. The van der Waals surface area contributed by atoms with Crippen LogP contribution < -0.4 is 5.32 Å². The molecule has 2 fully saturated rings. The van der Waals surface area contributed by atoms with E-state index in [1.165, 1.54) is 59.1 Å². The van der Waals surface area contributed by atoms with Gasteiger partial charge in [0.05, 0.1) is 5.56 Å². The number of nitrogens with one attached hydrogen (secondary N) is 1. The van der Waals surface area contributed by atoms with E-state index < -0.39 is 12.6 Å². The zero-order chi connectivity index (χ0) is 39.3. The van der Waals surface area contributed by atoms with Gasteiger partial charge >= 0.3 is 5.97 Å². The molecule has 2 aliphatic carbocycles. The minimum atomic E-state index is -0.846. The summed E-state index contributed by atoms with van der Waals surface area (Å²) in [6.45, 7) is 3.52. The summed E-state index contributed by atoms with van der Waals surface area (Å²) in [5, 5.41) is 14.2. The second-order valence-corrected chi connectivity index (χ2v) is 16.5. The number of halogens is 1. The van der Waals surface area contributed by atoms with Crippen LogP contribution in [0.3, 0.4) is 0 Å². The number of nitrogens with zero attached hydrogens (tertiary/aromatic N) is 3. The number of aromatic carboxylic acids is 1. The number of carboxylic acid groups (broad SMARTS) is 1. The number of carbonyl (C=O) groups is 3. The van der Waals surface area contributed by atoms with E-state index in [-0.39, 0.29) is 24.8 Å². The first-order chi connectivity index (χ1) is 27.1. The lowest BCUT2D eigenvalue weighted by atomic mass is 9.75. The molecule has 11 heteroatoms. The number of carbonyl (C=O) groups excluding carboxylic acids is 2. The maximum atomic E-state index is 13.1. The molecule has 4 heterocycles. The van der Waals surface area contributed by atoms with Gasteiger partial charge in [-0.3, -0.25) is 9.59 Å². The van der Waals surface area contributed by atoms with Crippen LogP contribution in [0.15, 0.2) is 36.4 Å². The number of amides is 2. The lowest BCUT2D eigenvalue weighted by molar-refractivity contribution is -0.121. The van der Waals surface area contributed by atoms with Gasteiger partial charge in [0.15, 0.2) is 0 Å². The summed E-state index contributed by atoms with van der Waals surface area (Å²) in [4.78, 5) is 37.7. The van der Waals surface area contributed by atoms with E-state index in [0.29, 0.717) is 35.9 Å². The van der Waals surface area contributed by atoms with Gasteiger partial charge in [-0.15, -0.1) is 0 Å². The number of hydrogen-bond donors (Lipinski definition) is 2. The molecule has 56 heavy (non-hydrogen) atoms. The van der Waals surface area contributed by atoms with E-state index in [1.54, 1.807) is 18.0 Å². The molecule has 0 spiro atoms. The Balaban J connectivity index is 0.000000182. The van der Waals surface area contributed by atoms with Crippen LogP contribution in [0.1, 0.15) is 94.6 Å². The molecule has 0 saturated carbocycles. The Morgan fingerprint density at radius 3 is 1.77 bits per heavy atom. The van der Waals surface area contributed by atoms with Crippen LogP contribution in [-0.4, -0.2) is 90.2 Å². The summed E-state index contributed by atoms with van der Waals surface area (Å²) in [5.74, 6) is 1.85. The van der Waals surface area contributed by atoms with Crippen molar-refractivity contribution in [1.82, 2.24) is 19.4 Å². The van der Waals surface area contributed by atoms with E-state index in [1.807, 2.05) is 18.2 Å². The number of aromatic nitrogens is 2. The van der Waals surface area contributed by atoms with Crippen LogP contribution in [0.4, 0.5) is 4.39 Å². The van der Waals surface area contributed by atoms with Gasteiger partial charge in [0, 0.05) is 106 Å². The van der Waals surface area contributed by atoms with Crippen molar-refractivity contribution in [3.05, 3.63) is 70.0 Å². The number of alkyl halides is 1. The highest BCUT2D eigenvalue weighted by molar-refractivity contribution is 5.99. The predicted octanol–water partition coefficient (Wildman–Crippen LogP) is 7.06. The summed E-state index contributed by atoms with van der Waals surface area (Å²) in [7, 11) is 6.02. The maximum absolute atomic E-state index is 13.1. The molecule has 0 radical (unpaired) electrons. The summed E-state index contributed by atoms with van der Waals surface area (Å²) in [6, 6.07) is 11.6. The first-order valence-electron chi connectivity index (χ1n) is 20.8. The Hall–Kier alpha value is -4.22. The smallest absolute Gasteiger partial charge is 0.335 e. The number of rotatable bonds is 10. The number of benzene rings is 2. The Morgan fingerprint density at radius 2 is 1.27 bits per heavy atom. The molecule has 2 amide bonds. The van der Waals surface area contributed by atoms with E-state index in [4.69, 9.17) is 9.47 Å². The molecule has 4 aromatic rings. The lowest BCUT2D eigenvalue weighted by Crippen LogP contribution is -2.30. The minimum absolute atomic E-state index is 0.0320. The molecule has 2 atom stereocenters. The molecular formula is C45H59FN4O6. The van der Waals surface area contributed by atoms with Crippen LogP contribution in [-0.2, 0) is 54.0 Å². The fourth-order valence-corrected chi connectivity index (χ4v) is 10.1. The molecular weight excluding hydrogens is 712 g/mol. The van der Waals surface area contributed by atoms with Crippen LogP contribution in [0.5, 0.6) is 0 Å². The first kappa shape index (κ1) is 40.0. The fraction of sp³-hybridized carbons (Fsp3) is 0.578. The highest BCUT2D eigenvalue weighted by Gasteiger charge is 2.32. The first-order valence-corrected chi connectivity index (χ1v) is 20.8. The topological polar surface area (TPSA) is 115 Å². The monoisotopic (exact) mass is 770 g/mol. The lowest BCUT2D eigenvalue weighted by Gasteiger charge is -2.33. The van der Waals surface area contributed by atoms with Gasteiger partial charge in [-0.1, -0.05) is 0 Å². The molecule has 2 saturated heterocycles. The quantitative estimate of drug-likeness (QED) is 0.179. The summed E-state index contributed by atoms with van der Waals surface area (Å²) in [6.07, 6.45) is 12.3. The second-order valence-electron chi connectivity index (χ2n) is 16.5. The Morgan fingerprint density at radius 1 is 0.768 bits per heavy atom. The predicted molar refractivity (Wildman–Crippen MR) is 216 cm³/mol. The zero-order valence-electron chi connectivity index (χ0n) is 33.4. The standard InChI is InChI=1S/C26H36FN3O3.C19H23NO3/c1-29(13-3-4-25(31)28-12-11-27)26(32)20-6-8-24-22(17-20)21-16-19(5-7-23(21)30(24)2)18-9-14-33-15-10-18;1-20-17-4-2-13(12-6-8-23-9-7-12)10-15(17)16-11-14(19(21)22)3-5-18(16)20/h6,8,17-19H,3-5,7,9-16H2,1-2H3,(H,28,31);3,5,11-13H,2,4,6-10H2,1H3,(H,21,22). The molecule has 2 aromatic carbocycles. The molecule has 10 nitrogen and oxygen atoms in total. The molecule has 2 aromatic heterocycles. The summed E-state index contributed by atoms with van der Waals surface area (Å²) >= 11 is 0. The Bertz CT molecular complexity index is 2040. The van der Waals surface area contributed by atoms with Crippen molar-refractivity contribution in [2.75, 3.05) is 53.2 Å². The third kappa shape index (κ3) is 8.54. The minimum Gasteiger partial charge on any atom is -0.478 e. The SMILES string of the molecule is CN(CCCC(=O)NCCF)C(=O)c1ccc2c(c1)c1c(n2C)CCC(C2CCOCC2)C1.Cn1c2c(c3cc(C(=O)O)ccc31)CC(C1CCOCC1)CC2. The Kier molecular flexibility index (Phi) is 12.8. The number of carboxylic acids is 1. The van der Waals surface area contributed by atoms with Gasteiger partial charge in [0.2, 0.25) is 5.91 Å². The second kappa shape index (κ2) is 17.9. The average Bonchev–Trinajstić information content (AvgIpc) is 3.68. The largest absolute Gasteiger partial charge is 0.478 e. The van der Waals surface area contributed by atoms with Crippen molar-refractivity contribution in [2.45, 2.75) is 77.0 Å². The van der Waals surface area contributed by atoms with E-state index in [2.05, 4.69) is 40.7 Å². The molecule has 2 unspecified atom stereocenters. The van der Waals surface area contributed by atoms with E-state index >= 15 is 0 Å². The zero-order valence-corrected chi connectivity index (χ0v) is 33.4. The van der Waals surface area contributed by atoms with Crippen LogP contribution in [0.25, 0.3) is 21.8 Å². The normalized spacial score (nSPS) is 20.2. The fourth-order valence-electron chi connectivity index (χ4n) is 10.1. The molecule has 8 rings (SSSR count). The van der Waals surface area contributed by atoms with Crippen molar-refractivity contribution in [2.24, 2.45) is 37.8 Å². The molecule has 0 bridgehead atoms. The van der Waals surface area contributed by atoms with Crippen molar-refractivity contribution in [1.29, 1.82) is 0 Å². The van der Waals surface area contributed by atoms with Crippen molar-refractivity contribution in [3.8, 4) is 0 Å². The van der Waals surface area contributed by atoms with Crippen LogP contribution in [0.2, 0.25) is 0 Å². The molecule has 2 N–H and O–H groups in total. The van der Waals surface area contributed by atoms with Gasteiger partial charge in [-0.25, -0.2) is 9.18 Å². The van der Waals surface area contributed by atoms with Crippen LogP contribution >= 0.6 is 0 Å². The third-order valence-corrected chi connectivity index (χ3v) is 13.3. The highest BCUT2D eigenvalue weighted by Crippen LogP contribution is 2.41. The van der Waals surface area contributed by atoms with Gasteiger partial charge in [-0.05, 0) is 142 Å². The Labute approximate surface area is 329 Å². The third-order valence-electron chi connectivity index (χ3n) is 13.3. The molecule has 4 aliphatic rings. The van der Waals surface area contributed by atoms with Gasteiger partial charge in [0.25, 0.3) is 5.91 Å². The van der Waals surface area contributed by atoms with Crippen molar-refractivity contribution < 1.29 is 33.4 Å². The number of aryl methyl sites for hydroxylation is 2. The number of ether oxygens (including phenoxy) is 2. The van der Waals surface area contributed by atoms with Crippen LogP contribution in [0, 0.1) is 23.7 Å². The highest BCUT2D eigenvalue weighted by atomic mass is 19.1. The molecule has 2 aliphatic heterocycles. The van der Waals surface area contributed by atoms with Gasteiger partial charge in [0.1, 0.15) is 6.67 Å². The van der Waals surface area contributed by atoms with Gasteiger partial charge in [-0.2, -0.15) is 0 Å². The summed E-state index contributed by atoms with van der Waals surface area (Å²) < 4.78 is 27.8. The number of hydrogen-bond acceptors (Lipinski definition) is 5. The van der Waals surface area contributed by atoms with Crippen molar-refractivity contribution in [3.63, 3.8) is 0 Å². The van der Waals surface area contributed by atoms with Crippen molar-refractivity contribution >= 4 is 39.6 Å². The molecule has 302 valence electrons. The van der Waals surface area contributed by atoms with Gasteiger partial charge < -0.3 is 33.9 Å². The number of fused-ring (bicyclic) bond motifs is 6.